The van der Waals surface area contributed by atoms with Crippen molar-refractivity contribution in [3.05, 3.63) is 29.3 Å². The highest BCUT2D eigenvalue weighted by atomic mass is 32.2. The average Bonchev–Trinajstić information content (AvgIpc) is 2.65. The Labute approximate surface area is 160 Å². The number of sulfonamides is 1. The first-order valence-corrected chi connectivity index (χ1v) is 10.8. The number of carboxylic acids is 1. The number of aryl methyl sites for hydroxylation is 1. The molecular formula is C19H28N2O5S. The number of amides is 1. The van der Waals surface area contributed by atoms with Crippen molar-refractivity contribution in [2.24, 2.45) is 5.92 Å². The van der Waals surface area contributed by atoms with Gasteiger partial charge in [0, 0.05) is 18.7 Å². The zero-order valence-corrected chi connectivity index (χ0v) is 16.9. The first kappa shape index (κ1) is 21.4. The molecule has 1 saturated heterocycles. The summed E-state index contributed by atoms with van der Waals surface area (Å²) in [4.78, 5) is 24.1. The lowest BCUT2D eigenvalue weighted by Crippen LogP contribution is -2.45. The molecule has 0 bridgehead atoms. The SMILES string of the molecule is CCC(C)C(NC(=O)c1ccc(C)c(S(=O)(=O)N2CCCCC2)c1)C(=O)O. The highest BCUT2D eigenvalue weighted by Crippen LogP contribution is 2.24. The molecule has 0 aliphatic carbocycles. The van der Waals surface area contributed by atoms with Gasteiger partial charge in [0.15, 0.2) is 0 Å². The van der Waals surface area contributed by atoms with Crippen LogP contribution >= 0.6 is 0 Å². The van der Waals surface area contributed by atoms with Gasteiger partial charge in [-0.3, -0.25) is 4.79 Å². The maximum Gasteiger partial charge on any atom is 0.326 e. The van der Waals surface area contributed by atoms with E-state index in [1.165, 1.54) is 16.4 Å². The van der Waals surface area contributed by atoms with Crippen LogP contribution in [0.2, 0.25) is 0 Å². The van der Waals surface area contributed by atoms with Gasteiger partial charge < -0.3 is 10.4 Å². The van der Waals surface area contributed by atoms with E-state index in [0.717, 1.165) is 19.3 Å². The second-order valence-electron chi connectivity index (χ2n) is 7.12. The zero-order chi connectivity index (χ0) is 20.2. The number of rotatable bonds is 7. The van der Waals surface area contributed by atoms with Crippen molar-refractivity contribution >= 4 is 21.9 Å². The molecule has 0 radical (unpaired) electrons. The third-order valence-corrected chi connectivity index (χ3v) is 7.19. The van der Waals surface area contributed by atoms with E-state index in [1.54, 1.807) is 19.9 Å². The minimum atomic E-state index is -3.68. The first-order chi connectivity index (χ1) is 12.7. The molecule has 2 atom stereocenters. The maximum absolute atomic E-state index is 13.0. The lowest BCUT2D eigenvalue weighted by molar-refractivity contribution is -0.140. The van der Waals surface area contributed by atoms with E-state index in [-0.39, 0.29) is 16.4 Å². The van der Waals surface area contributed by atoms with E-state index in [0.29, 0.717) is 25.1 Å². The van der Waals surface area contributed by atoms with Crippen LogP contribution in [0, 0.1) is 12.8 Å². The predicted molar refractivity (Wildman–Crippen MR) is 102 cm³/mol. The normalized spacial score (nSPS) is 17.9. The molecule has 1 aliphatic rings. The zero-order valence-electron chi connectivity index (χ0n) is 16.1. The molecule has 0 saturated carbocycles. The second kappa shape index (κ2) is 8.84. The van der Waals surface area contributed by atoms with Crippen LogP contribution in [0.1, 0.15) is 55.5 Å². The van der Waals surface area contributed by atoms with E-state index in [9.17, 15) is 23.1 Å². The van der Waals surface area contributed by atoms with E-state index < -0.39 is 27.9 Å². The van der Waals surface area contributed by atoms with Gasteiger partial charge in [0.2, 0.25) is 10.0 Å². The molecule has 2 N–H and O–H groups in total. The maximum atomic E-state index is 13.0. The number of carbonyl (C=O) groups excluding carboxylic acids is 1. The quantitative estimate of drug-likeness (QED) is 0.736. The van der Waals surface area contributed by atoms with Gasteiger partial charge in [0.25, 0.3) is 5.91 Å². The van der Waals surface area contributed by atoms with Crippen molar-refractivity contribution in [3.8, 4) is 0 Å². The summed E-state index contributed by atoms with van der Waals surface area (Å²) in [5.41, 5.74) is 0.708. The molecule has 0 spiro atoms. The predicted octanol–water partition coefficient (Wildman–Crippen LogP) is 2.40. The highest BCUT2D eigenvalue weighted by Gasteiger charge is 2.29. The fraction of sp³-hybridized carbons (Fsp3) is 0.579. The van der Waals surface area contributed by atoms with Crippen LogP contribution in [0.25, 0.3) is 0 Å². The Kier molecular flexibility index (Phi) is 7.00. The molecule has 8 heteroatoms. The summed E-state index contributed by atoms with van der Waals surface area (Å²) in [6.45, 7) is 6.25. The Bertz CT molecular complexity index is 800. The number of aliphatic carboxylic acids is 1. The van der Waals surface area contributed by atoms with Gasteiger partial charge in [-0.15, -0.1) is 0 Å². The van der Waals surface area contributed by atoms with Crippen molar-refractivity contribution in [1.29, 1.82) is 0 Å². The van der Waals surface area contributed by atoms with Crippen LogP contribution in [-0.4, -0.2) is 48.8 Å². The van der Waals surface area contributed by atoms with Crippen molar-refractivity contribution < 1.29 is 23.1 Å². The van der Waals surface area contributed by atoms with Crippen molar-refractivity contribution in [2.75, 3.05) is 13.1 Å². The van der Waals surface area contributed by atoms with Crippen LogP contribution in [0.4, 0.5) is 0 Å². The monoisotopic (exact) mass is 396 g/mol. The van der Waals surface area contributed by atoms with E-state index in [1.807, 2.05) is 6.92 Å². The summed E-state index contributed by atoms with van der Waals surface area (Å²) < 4.78 is 27.4. The van der Waals surface area contributed by atoms with Gasteiger partial charge in [-0.2, -0.15) is 4.31 Å². The lowest BCUT2D eigenvalue weighted by Gasteiger charge is -2.26. The van der Waals surface area contributed by atoms with Gasteiger partial charge in [-0.25, -0.2) is 13.2 Å². The third kappa shape index (κ3) is 4.87. The number of nitrogens with zero attached hydrogens (tertiary/aromatic N) is 1. The van der Waals surface area contributed by atoms with E-state index in [2.05, 4.69) is 5.32 Å². The Balaban J connectivity index is 2.30. The number of piperidine rings is 1. The second-order valence-corrected chi connectivity index (χ2v) is 9.03. The fourth-order valence-corrected chi connectivity index (χ4v) is 4.94. The van der Waals surface area contributed by atoms with Crippen LogP contribution < -0.4 is 5.32 Å². The number of benzene rings is 1. The third-order valence-electron chi connectivity index (χ3n) is 5.15. The van der Waals surface area contributed by atoms with Crippen molar-refractivity contribution in [3.63, 3.8) is 0 Å². The Hall–Kier alpha value is -1.93. The van der Waals surface area contributed by atoms with E-state index in [4.69, 9.17) is 0 Å². The van der Waals surface area contributed by atoms with Crippen molar-refractivity contribution in [1.82, 2.24) is 9.62 Å². The number of hydrogen-bond acceptors (Lipinski definition) is 4. The molecule has 1 aromatic carbocycles. The summed E-state index contributed by atoms with van der Waals surface area (Å²) in [6, 6.07) is 3.44. The topological polar surface area (TPSA) is 104 Å². The van der Waals surface area contributed by atoms with Gasteiger partial charge >= 0.3 is 5.97 Å². The van der Waals surface area contributed by atoms with Crippen LogP contribution in [0.15, 0.2) is 23.1 Å². The molecule has 2 rings (SSSR count). The molecule has 1 fully saturated rings. The lowest BCUT2D eigenvalue weighted by atomic mass is 9.99. The number of nitrogens with one attached hydrogen (secondary N) is 1. The van der Waals surface area contributed by atoms with Crippen molar-refractivity contribution in [2.45, 2.75) is 57.4 Å². The molecule has 150 valence electrons. The van der Waals surface area contributed by atoms with Gasteiger partial charge in [0.1, 0.15) is 6.04 Å². The van der Waals surface area contributed by atoms with Crippen LogP contribution in [0.3, 0.4) is 0 Å². The summed E-state index contributed by atoms with van der Waals surface area (Å²) in [7, 11) is -3.68. The molecule has 2 unspecified atom stereocenters. The highest BCUT2D eigenvalue weighted by molar-refractivity contribution is 7.89. The van der Waals surface area contributed by atoms with Gasteiger partial charge in [-0.1, -0.05) is 32.8 Å². The van der Waals surface area contributed by atoms with Gasteiger partial charge in [0.05, 0.1) is 4.90 Å². The number of carbonyl (C=O) groups is 2. The Morgan fingerprint density at radius 2 is 1.85 bits per heavy atom. The molecule has 1 heterocycles. The average molecular weight is 397 g/mol. The molecule has 27 heavy (non-hydrogen) atoms. The standard InChI is InChI=1S/C19H28N2O5S/c1-4-13(2)17(19(23)24)20-18(22)15-9-8-14(3)16(12-15)27(25,26)21-10-6-5-7-11-21/h8-9,12-13,17H,4-7,10-11H2,1-3H3,(H,20,22)(H,23,24). The smallest absolute Gasteiger partial charge is 0.326 e. The number of hydrogen-bond donors (Lipinski definition) is 2. The summed E-state index contributed by atoms with van der Waals surface area (Å²) in [6.07, 6.45) is 3.26. The first-order valence-electron chi connectivity index (χ1n) is 9.33. The largest absolute Gasteiger partial charge is 0.480 e. The molecule has 1 aliphatic heterocycles. The summed E-state index contributed by atoms with van der Waals surface area (Å²) in [5.74, 6) is -1.93. The molecular weight excluding hydrogens is 368 g/mol. The minimum Gasteiger partial charge on any atom is -0.480 e. The van der Waals surface area contributed by atoms with Gasteiger partial charge in [-0.05, 0) is 43.4 Å². The van der Waals surface area contributed by atoms with E-state index >= 15 is 0 Å². The minimum absolute atomic E-state index is 0.104. The molecule has 1 aromatic rings. The number of carboxylic acid groups (broad SMARTS) is 1. The Morgan fingerprint density at radius 1 is 1.22 bits per heavy atom. The molecule has 7 nitrogen and oxygen atoms in total. The summed E-state index contributed by atoms with van der Waals surface area (Å²) in [5, 5.41) is 11.9. The van der Waals surface area contributed by atoms with Crippen LogP contribution in [-0.2, 0) is 14.8 Å². The summed E-state index contributed by atoms with van der Waals surface area (Å²) >= 11 is 0. The van der Waals surface area contributed by atoms with Crippen LogP contribution in [0.5, 0.6) is 0 Å². The molecule has 1 amide bonds. The fourth-order valence-electron chi connectivity index (χ4n) is 3.17. The molecule has 0 aromatic heterocycles. The Morgan fingerprint density at radius 3 is 2.41 bits per heavy atom.